The molecule has 3 heterocycles. The zero-order valence-corrected chi connectivity index (χ0v) is 26.4. The van der Waals surface area contributed by atoms with Crippen molar-refractivity contribution in [1.29, 1.82) is 0 Å². The fourth-order valence-electron chi connectivity index (χ4n) is 5.73. The Hall–Kier alpha value is -4.21. The molecular weight excluding hydrogens is 554 g/mol. The van der Waals surface area contributed by atoms with E-state index in [0.29, 0.717) is 23.5 Å². The van der Waals surface area contributed by atoms with Crippen molar-refractivity contribution in [2.24, 2.45) is 0 Å². The molecule has 232 valence electrons. The molecule has 1 saturated heterocycles. The monoisotopic (exact) mass is 597 g/mol. The molecule has 1 fully saturated rings. The normalized spacial score (nSPS) is 14.0. The van der Waals surface area contributed by atoms with E-state index in [1.807, 2.05) is 42.5 Å². The summed E-state index contributed by atoms with van der Waals surface area (Å²) in [5.74, 6) is 0.650. The molecule has 2 aromatic carbocycles. The first-order valence-electron chi connectivity index (χ1n) is 15.4. The maximum Gasteiger partial charge on any atom is 0.323 e. The maximum atomic E-state index is 14.2. The van der Waals surface area contributed by atoms with Gasteiger partial charge in [0.2, 0.25) is 0 Å². The number of hydrogen-bond acceptors (Lipinski definition) is 6. The minimum atomic E-state index is -0.481. The van der Waals surface area contributed by atoms with Crippen molar-refractivity contribution in [2.75, 3.05) is 44.0 Å². The molecule has 0 radical (unpaired) electrons. The number of aromatic nitrogens is 2. The van der Waals surface area contributed by atoms with Crippen LogP contribution in [0.3, 0.4) is 0 Å². The third kappa shape index (κ3) is 6.95. The van der Waals surface area contributed by atoms with Crippen molar-refractivity contribution in [3.63, 3.8) is 0 Å². The summed E-state index contributed by atoms with van der Waals surface area (Å²) in [6.07, 6.45) is 3.41. The van der Waals surface area contributed by atoms with Gasteiger partial charge in [0, 0.05) is 49.0 Å². The van der Waals surface area contributed by atoms with Gasteiger partial charge in [-0.1, -0.05) is 58.4 Å². The Bertz CT molecular complexity index is 1690. The van der Waals surface area contributed by atoms with Crippen LogP contribution in [0, 0.1) is 0 Å². The van der Waals surface area contributed by atoms with Gasteiger partial charge in [0.1, 0.15) is 17.1 Å². The van der Waals surface area contributed by atoms with E-state index in [9.17, 15) is 9.59 Å². The lowest BCUT2D eigenvalue weighted by Crippen LogP contribution is -2.35. The van der Waals surface area contributed by atoms with E-state index in [0.717, 1.165) is 73.5 Å². The average molecular weight is 598 g/mol. The van der Waals surface area contributed by atoms with Crippen LogP contribution in [-0.4, -0.2) is 53.9 Å². The van der Waals surface area contributed by atoms with Gasteiger partial charge in [-0.05, 0) is 58.9 Å². The number of fused-ring (bicyclic) bond motifs is 1. The van der Waals surface area contributed by atoms with Crippen molar-refractivity contribution in [3.8, 4) is 16.9 Å². The lowest BCUT2D eigenvalue weighted by Gasteiger charge is -2.28. The van der Waals surface area contributed by atoms with Crippen molar-refractivity contribution in [2.45, 2.75) is 59.0 Å². The number of carbonyl (C=O) groups is 1. The van der Waals surface area contributed by atoms with E-state index >= 15 is 0 Å². The number of amides is 2. The zero-order chi connectivity index (χ0) is 31.3. The van der Waals surface area contributed by atoms with Crippen LogP contribution in [-0.2, 0) is 23.2 Å². The Labute approximate surface area is 259 Å². The average Bonchev–Trinajstić information content (AvgIpc) is 3.01. The topological polar surface area (TPSA) is 97.7 Å². The molecule has 5 rings (SSSR count). The molecule has 1 aliphatic heterocycles. The third-order valence-corrected chi connectivity index (χ3v) is 8.00. The van der Waals surface area contributed by atoms with Crippen LogP contribution in [0.15, 0.2) is 65.6 Å². The second-order valence-corrected chi connectivity index (χ2v) is 12.3. The SMILES string of the molecule is CCCCn1c(=O)c(NC(=O)Nc2cc(CN3CCOCC3)ccc2C(C)(C)C)c(-c2cccc(OC)c2)c2cccnc21. The molecule has 0 bridgehead atoms. The zero-order valence-electron chi connectivity index (χ0n) is 26.4. The number of benzene rings is 2. The Morgan fingerprint density at radius 3 is 2.57 bits per heavy atom. The molecule has 0 unspecified atom stereocenters. The maximum absolute atomic E-state index is 14.2. The van der Waals surface area contributed by atoms with Crippen molar-refractivity contribution in [1.82, 2.24) is 14.5 Å². The number of unbranched alkanes of at least 4 members (excludes halogenated alkanes) is 1. The summed E-state index contributed by atoms with van der Waals surface area (Å²) in [4.78, 5) is 35.0. The van der Waals surface area contributed by atoms with Gasteiger partial charge < -0.3 is 20.1 Å². The summed E-state index contributed by atoms with van der Waals surface area (Å²) in [6, 6.07) is 17.1. The summed E-state index contributed by atoms with van der Waals surface area (Å²) in [5, 5.41) is 6.85. The number of ether oxygens (including phenoxy) is 2. The first-order chi connectivity index (χ1) is 21.2. The second kappa shape index (κ2) is 13.6. The third-order valence-electron chi connectivity index (χ3n) is 8.00. The molecule has 2 amide bonds. The van der Waals surface area contributed by atoms with E-state index < -0.39 is 6.03 Å². The van der Waals surface area contributed by atoms with Gasteiger partial charge in [-0.2, -0.15) is 0 Å². The molecule has 4 aromatic rings. The van der Waals surface area contributed by atoms with Gasteiger partial charge in [0.05, 0.1) is 20.3 Å². The molecule has 1 aliphatic rings. The number of methoxy groups -OCH3 is 1. The van der Waals surface area contributed by atoms with Crippen LogP contribution < -0.4 is 20.9 Å². The molecular formula is C35H43N5O4. The summed E-state index contributed by atoms with van der Waals surface area (Å²) in [5.41, 5.74) is 4.47. The fraction of sp³-hybridized carbons (Fsp3) is 0.400. The first-order valence-corrected chi connectivity index (χ1v) is 15.4. The van der Waals surface area contributed by atoms with Crippen LogP contribution in [0.5, 0.6) is 5.75 Å². The molecule has 0 atom stereocenters. The molecule has 0 spiro atoms. The number of aryl methyl sites for hydroxylation is 1. The number of rotatable bonds is 9. The molecule has 9 nitrogen and oxygen atoms in total. The number of carbonyl (C=O) groups excluding carboxylic acids is 1. The minimum Gasteiger partial charge on any atom is -0.497 e. The van der Waals surface area contributed by atoms with Crippen LogP contribution >= 0.6 is 0 Å². The number of nitrogens with one attached hydrogen (secondary N) is 2. The molecule has 2 N–H and O–H groups in total. The number of nitrogens with zero attached hydrogens (tertiary/aromatic N) is 3. The van der Waals surface area contributed by atoms with Gasteiger partial charge in [-0.3, -0.25) is 14.3 Å². The summed E-state index contributed by atoms with van der Waals surface area (Å²) >= 11 is 0. The van der Waals surface area contributed by atoms with Crippen LogP contribution in [0.1, 0.15) is 51.7 Å². The Morgan fingerprint density at radius 1 is 1.05 bits per heavy atom. The Kier molecular flexibility index (Phi) is 9.66. The van der Waals surface area contributed by atoms with Crippen molar-refractivity contribution in [3.05, 3.63) is 82.3 Å². The van der Waals surface area contributed by atoms with E-state index in [1.165, 1.54) is 0 Å². The second-order valence-electron chi connectivity index (χ2n) is 12.3. The highest BCUT2D eigenvalue weighted by Gasteiger charge is 2.24. The first kappa shape index (κ1) is 31.2. The lowest BCUT2D eigenvalue weighted by atomic mass is 9.85. The van der Waals surface area contributed by atoms with E-state index in [2.05, 4.69) is 60.3 Å². The number of pyridine rings is 2. The Morgan fingerprint density at radius 2 is 1.84 bits per heavy atom. The lowest BCUT2D eigenvalue weighted by molar-refractivity contribution is 0.0342. The highest BCUT2D eigenvalue weighted by atomic mass is 16.5. The largest absolute Gasteiger partial charge is 0.497 e. The molecule has 9 heteroatoms. The number of anilines is 2. The molecule has 2 aromatic heterocycles. The summed E-state index contributed by atoms with van der Waals surface area (Å²) < 4.78 is 12.7. The van der Waals surface area contributed by atoms with Crippen molar-refractivity contribution >= 4 is 28.4 Å². The van der Waals surface area contributed by atoms with Crippen LogP contribution in [0.4, 0.5) is 16.2 Å². The summed E-state index contributed by atoms with van der Waals surface area (Å²) in [7, 11) is 1.61. The van der Waals surface area contributed by atoms with Crippen LogP contribution in [0.25, 0.3) is 22.2 Å². The van der Waals surface area contributed by atoms with Gasteiger partial charge in [0.25, 0.3) is 5.56 Å². The number of morpholine rings is 1. The fourth-order valence-corrected chi connectivity index (χ4v) is 5.73. The minimum absolute atomic E-state index is 0.203. The number of urea groups is 1. The van der Waals surface area contributed by atoms with Gasteiger partial charge in [-0.25, -0.2) is 9.78 Å². The van der Waals surface area contributed by atoms with Crippen molar-refractivity contribution < 1.29 is 14.3 Å². The van der Waals surface area contributed by atoms with Gasteiger partial charge in [-0.15, -0.1) is 0 Å². The van der Waals surface area contributed by atoms with Gasteiger partial charge in [0.15, 0.2) is 0 Å². The highest BCUT2D eigenvalue weighted by Crippen LogP contribution is 2.35. The summed E-state index contributed by atoms with van der Waals surface area (Å²) in [6.45, 7) is 12.9. The quantitative estimate of drug-likeness (QED) is 0.224. The Balaban J connectivity index is 1.57. The van der Waals surface area contributed by atoms with Crippen LogP contribution in [0.2, 0.25) is 0 Å². The van der Waals surface area contributed by atoms with Gasteiger partial charge >= 0.3 is 6.03 Å². The van der Waals surface area contributed by atoms with E-state index in [-0.39, 0.29) is 16.7 Å². The molecule has 0 aliphatic carbocycles. The highest BCUT2D eigenvalue weighted by molar-refractivity contribution is 6.07. The predicted octanol–water partition coefficient (Wildman–Crippen LogP) is 6.65. The predicted molar refractivity (Wildman–Crippen MR) is 177 cm³/mol. The standard InChI is InChI=1S/C35H43N5O4/c1-6-7-16-40-32-27(12-9-15-36-32)30(25-10-8-11-26(22-25)43-5)31(33(40)41)38-34(42)37-29-21-24(13-14-28(29)35(2,3)4)23-39-17-19-44-20-18-39/h8-15,21-22H,6-7,16-20,23H2,1-5H3,(H2,37,38,42). The molecule has 0 saturated carbocycles. The number of hydrogen-bond donors (Lipinski definition) is 2. The van der Waals surface area contributed by atoms with E-state index in [1.54, 1.807) is 17.9 Å². The van der Waals surface area contributed by atoms with E-state index in [4.69, 9.17) is 9.47 Å². The molecule has 44 heavy (non-hydrogen) atoms. The smallest absolute Gasteiger partial charge is 0.323 e.